The number of benzene rings is 1. The number of nitrogen functional groups attached to an aromatic ring is 1. The monoisotopic (exact) mass is 194 g/mol. The Kier molecular flexibility index (Phi) is 2.96. The maximum atomic E-state index is 10.8. The summed E-state index contributed by atoms with van der Waals surface area (Å²) in [6.07, 6.45) is -0.962. The van der Waals surface area contributed by atoms with E-state index < -0.39 is 6.09 Å². The maximum Gasteiger partial charge on any atom is 0.411 e. The Labute approximate surface area is 82.9 Å². The Balaban J connectivity index is 3.06. The van der Waals surface area contributed by atoms with Crippen LogP contribution < -0.4 is 10.6 Å². The summed E-state index contributed by atoms with van der Waals surface area (Å²) in [5.74, 6) is 0. The standard InChI is InChI=1S/C10H14N2O2/c1-3-12(10(13)14)8-5-4-7(2)9(11)6-8/h4-6H,3,11H2,1-2H3,(H,13,14). The zero-order valence-corrected chi connectivity index (χ0v) is 8.32. The van der Waals surface area contributed by atoms with Gasteiger partial charge in [0, 0.05) is 17.9 Å². The van der Waals surface area contributed by atoms with E-state index in [0.29, 0.717) is 17.9 Å². The molecular weight excluding hydrogens is 180 g/mol. The fraction of sp³-hybridized carbons (Fsp3) is 0.300. The van der Waals surface area contributed by atoms with Gasteiger partial charge in [0.15, 0.2) is 0 Å². The molecule has 0 spiro atoms. The molecule has 14 heavy (non-hydrogen) atoms. The van der Waals surface area contributed by atoms with Gasteiger partial charge in [-0.05, 0) is 31.5 Å². The van der Waals surface area contributed by atoms with Crippen LogP contribution in [0.3, 0.4) is 0 Å². The molecule has 0 unspecified atom stereocenters. The molecule has 1 aromatic carbocycles. The molecule has 0 saturated carbocycles. The minimum atomic E-state index is -0.962. The average Bonchev–Trinajstić information content (AvgIpc) is 2.11. The molecular formula is C10H14N2O2. The molecule has 1 aromatic rings. The van der Waals surface area contributed by atoms with Crippen LogP contribution in [0.15, 0.2) is 18.2 Å². The zero-order chi connectivity index (χ0) is 10.7. The minimum absolute atomic E-state index is 0.415. The predicted molar refractivity (Wildman–Crippen MR) is 56.6 cm³/mol. The first-order valence-corrected chi connectivity index (χ1v) is 4.42. The lowest BCUT2D eigenvalue weighted by molar-refractivity contribution is 0.202. The minimum Gasteiger partial charge on any atom is -0.465 e. The molecule has 0 radical (unpaired) electrons. The van der Waals surface area contributed by atoms with Gasteiger partial charge in [-0.15, -0.1) is 0 Å². The molecule has 0 aromatic heterocycles. The highest BCUT2D eigenvalue weighted by Crippen LogP contribution is 2.20. The molecule has 3 N–H and O–H groups in total. The summed E-state index contributed by atoms with van der Waals surface area (Å²) in [6, 6.07) is 5.24. The van der Waals surface area contributed by atoms with E-state index in [1.807, 2.05) is 13.0 Å². The summed E-state index contributed by atoms with van der Waals surface area (Å²) >= 11 is 0. The second-order valence-electron chi connectivity index (χ2n) is 3.07. The van der Waals surface area contributed by atoms with Gasteiger partial charge >= 0.3 is 6.09 Å². The van der Waals surface area contributed by atoms with Crippen molar-refractivity contribution in [2.45, 2.75) is 13.8 Å². The van der Waals surface area contributed by atoms with Crippen molar-refractivity contribution in [2.24, 2.45) is 0 Å². The van der Waals surface area contributed by atoms with Crippen molar-refractivity contribution in [1.29, 1.82) is 0 Å². The third kappa shape index (κ3) is 1.96. The molecule has 4 nitrogen and oxygen atoms in total. The number of carbonyl (C=O) groups is 1. The van der Waals surface area contributed by atoms with Crippen LogP contribution in [0.25, 0.3) is 0 Å². The van der Waals surface area contributed by atoms with Crippen LogP contribution in [0.5, 0.6) is 0 Å². The zero-order valence-electron chi connectivity index (χ0n) is 8.32. The molecule has 0 aliphatic heterocycles. The highest BCUT2D eigenvalue weighted by atomic mass is 16.4. The molecule has 0 atom stereocenters. The molecule has 1 amide bonds. The number of hydrogen-bond acceptors (Lipinski definition) is 2. The van der Waals surface area contributed by atoms with Crippen LogP contribution in [0.2, 0.25) is 0 Å². The summed E-state index contributed by atoms with van der Waals surface area (Å²) in [7, 11) is 0. The van der Waals surface area contributed by atoms with Gasteiger partial charge < -0.3 is 10.8 Å². The summed E-state index contributed by atoms with van der Waals surface area (Å²) in [5, 5.41) is 8.87. The molecule has 76 valence electrons. The lowest BCUT2D eigenvalue weighted by Crippen LogP contribution is -2.28. The number of hydrogen-bond donors (Lipinski definition) is 2. The van der Waals surface area contributed by atoms with Gasteiger partial charge in [0.05, 0.1) is 0 Å². The number of aryl methyl sites for hydroxylation is 1. The van der Waals surface area contributed by atoms with Crippen molar-refractivity contribution in [3.05, 3.63) is 23.8 Å². The third-order valence-corrected chi connectivity index (χ3v) is 2.12. The summed E-state index contributed by atoms with van der Waals surface area (Å²) < 4.78 is 0. The molecule has 0 heterocycles. The van der Waals surface area contributed by atoms with Crippen molar-refractivity contribution in [1.82, 2.24) is 0 Å². The summed E-state index contributed by atoms with van der Waals surface area (Å²) in [6.45, 7) is 4.08. The Morgan fingerprint density at radius 2 is 2.21 bits per heavy atom. The Bertz CT molecular complexity index is 350. The third-order valence-electron chi connectivity index (χ3n) is 2.12. The lowest BCUT2D eigenvalue weighted by atomic mass is 10.2. The largest absolute Gasteiger partial charge is 0.465 e. The quantitative estimate of drug-likeness (QED) is 0.708. The number of rotatable bonds is 2. The van der Waals surface area contributed by atoms with Crippen LogP contribution >= 0.6 is 0 Å². The fourth-order valence-corrected chi connectivity index (χ4v) is 1.22. The second kappa shape index (κ2) is 4.00. The van der Waals surface area contributed by atoms with E-state index in [4.69, 9.17) is 10.8 Å². The molecule has 0 bridgehead atoms. The highest BCUT2D eigenvalue weighted by Gasteiger charge is 2.11. The van der Waals surface area contributed by atoms with Gasteiger partial charge in [0.2, 0.25) is 0 Å². The van der Waals surface area contributed by atoms with Gasteiger partial charge in [0.1, 0.15) is 0 Å². The predicted octanol–water partition coefficient (Wildman–Crippen LogP) is 2.08. The van der Waals surface area contributed by atoms with E-state index in [9.17, 15) is 4.79 Å². The lowest BCUT2D eigenvalue weighted by Gasteiger charge is -2.17. The molecule has 1 rings (SSSR count). The first-order valence-electron chi connectivity index (χ1n) is 4.42. The Morgan fingerprint density at radius 1 is 1.57 bits per heavy atom. The first kappa shape index (κ1) is 10.4. The van der Waals surface area contributed by atoms with Crippen LogP contribution in [-0.2, 0) is 0 Å². The van der Waals surface area contributed by atoms with E-state index in [2.05, 4.69) is 0 Å². The van der Waals surface area contributed by atoms with Crippen molar-refractivity contribution in [2.75, 3.05) is 17.2 Å². The van der Waals surface area contributed by atoms with Gasteiger partial charge in [-0.2, -0.15) is 0 Å². The van der Waals surface area contributed by atoms with E-state index in [-0.39, 0.29) is 0 Å². The van der Waals surface area contributed by atoms with E-state index in [0.717, 1.165) is 5.56 Å². The number of nitrogens with zero attached hydrogens (tertiary/aromatic N) is 1. The topological polar surface area (TPSA) is 66.6 Å². The summed E-state index contributed by atoms with van der Waals surface area (Å²) in [5.41, 5.74) is 7.87. The molecule has 0 aliphatic carbocycles. The van der Waals surface area contributed by atoms with Crippen LogP contribution in [0.1, 0.15) is 12.5 Å². The fourth-order valence-electron chi connectivity index (χ4n) is 1.22. The van der Waals surface area contributed by atoms with Gasteiger partial charge in [0.25, 0.3) is 0 Å². The van der Waals surface area contributed by atoms with E-state index in [1.165, 1.54) is 4.90 Å². The van der Waals surface area contributed by atoms with Crippen molar-refractivity contribution in [3.63, 3.8) is 0 Å². The maximum absolute atomic E-state index is 10.8. The van der Waals surface area contributed by atoms with Crippen LogP contribution in [0.4, 0.5) is 16.2 Å². The molecule has 4 heteroatoms. The van der Waals surface area contributed by atoms with Crippen LogP contribution in [0, 0.1) is 6.92 Å². The van der Waals surface area contributed by atoms with Gasteiger partial charge in [-0.25, -0.2) is 4.79 Å². The van der Waals surface area contributed by atoms with Crippen molar-refractivity contribution < 1.29 is 9.90 Å². The Hall–Kier alpha value is -1.71. The van der Waals surface area contributed by atoms with Crippen molar-refractivity contribution >= 4 is 17.5 Å². The number of anilines is 2. The highest BCUT2D eigenvalue weighted by molar-refractivity contribution is 5.86. The van der Waals surface area contributed by atoms with Gasteiger partial charge in [-0.1, -0.05) is 6.07 Å². The SMILES string of the molecule is CCN(C(=O)O)c1ccc(C)c(N)c1. The van der Waals surface area contributed by atoms with E-state index >= 15 is 0 Å². The number of amides is 1. The first-order chi connectivity index (χ1) is 6.56. The Morgan fingerprint density at radius 3 is 2.64 bits per heavy atom. The van der Waals surface area contributed by atoms with E-state index in [1.54, 1.807) is 19.1 Å². The molecule has 0 fully saturated rings. The average molecular weight is 194 g/mol. The molecule has 0 saturated heterocycles. The summed E-state index contributed by atoms with van der Waals surface area (Å²) in [4.78, 5) is 12.1. The number of carboxylic acid groups (broad SMARTS) is 1. The van der Waals surface area contributed by atoms with Crippen molar-refractivity contribution in [3.8, 4) is 0 Å². The number of nitrogens with two attached hydrogens (primary N) is 1. The second-order valence-corrected chi connectivity index (χ2v) is 3.07. The van der Waals surface area contributed by atoms with Gasteiger partial charge in [-0.3, -0.25) is 4.90 Å². The van der Waals surface area contributed by atoms with Crippen LogP contribution in [-0.4, -0.2) is 17.7 Å². The molecule has 0 aliphatic rings. The normalized spacial score (nSPS) is 9.86. The smallest absolute Gasteiger partial charge is 0.411 e.